The smallest absolute Gasteiger partial charge is 0.339 e. The Morgan fingerprint density at radius 3 is 2.21 bits per heavy atom. The second kappa shape index (κ2) is 8.65. The van der Waals surface area contributed by atoms with Gasteiger partial charge in [0.25, 0.3) is 5.91 Å². The second-order valence-corrected chi connectivity index (χ2v) is 7.58. The molecule has 5 nitrogen and oxygen atoms in total. The Hall–Kier alpha value is -2.53. The fourth-order valence-corrected chi connectivity index (χ4v) is 3.95. The molecule has 2 aromatic rings. The number of esters is 1. The van der Waals surface area contributed by atoms with Gasteiger partial charge in [-0.3, -0.25) is 4.79 Å². The summed E-state index contributed by atoms with van der Waals surface area (Å²) in [6.07, 6.45) is 0. The van der Waals surface area contributed by atoms with Crippen LogP contribution in [0.1, 0.15) is 27.0 Å². The van der Waals surface area contributed by atoms with E-state index in [1.54, 1.807) is 4.90 Å². The molecular weight excluding hydrogens is 376 g/mol. The quantitative estimate of drug-likeness (QED) is 0.733. The molecule has 0 N–H and O–H groups in total. The molecule has 6 heteroatoms. The number of anilines is 1. The van der Waals surface area contributed by atoms with Crippen molar-refractivity contribution in [2.75, 3.05) is 37.7 Å². The van der Waals surface area contributed by atoms with Crippen molar-refractivity contribution in [3.8, 4) is 0 Å². The molecule has 1 heterocycles. The van der Waals surface area contributed by atoms with Gasteiger partial charge in [-0.1, -0.05) is 41.4 Å². The van der Waals surface area contributed by atoms with E-state index in [0.29, 0.717) is 36.8 Å². The molecule has 0 radical (unpaired) electrons. The van der Waals surface area contributed by atoms with E-state index in [9.17, 15) is 9.59 Å². The summed E-state index contributed by atoms with van der Waals surface area (Å²) in [5.74, 6) is -0.618. The molecule has 0 bridgehead atoms. The second-order valence-electron chi connectivity index (χ2n) is 7.17. The Morgan fingerprint density at radius 1 is 1.00 bits per heavy atom. The number of ether oxygens (including phenoxy) is 1. The number of aryl methyl sites for hydroxylation is 3. The topological polar surface area (TPSA) is 49.9 Å². The molecule has 1 aliphatic heterocycles. The van der Waals surface area contributed by atoms with E-state index in [1.165, 1.54) is 0 Å². The van der Waals surface area contributed by atoms with E-state index in [2.05, 4.69) is 4.90 Å². The zero-order chi connectivity index (χ0) is 20.3. The highest BCUT2D eigenvalue weighted by molar-refractivity contribution is 6.33. The SMILES string of the molecule is Cc1cc(C)c(C(=O)OCC(=O)N2CCN(c3ccccc3Cl)CC2)c(C)c1. The molecule has 1 aliphatic rings. The summed E-state index contributed by atoms with van der Waals surface area (Å²) in [5, 5.41) is 0.708. The summed E-state index contributed by atoms with van der Waals surface area (Å²) in [7, 11) is 0. The van der Waals surface area contributed by atoms with Crippen LogP contribution >= 0.6 is 11.6 Å². The predicted octanol–water partition coefficient (Wildman–Crippen LogP) is 3.77. The number of hydrogen-bond donors (Lipinski definition) is 0. The number of carbonyl (C=O) groups is 2. The third kappa shape index (κ3) is 4.47. The van der Waals surface area contributed by atoms with Crippen LogP contribution in [0.2, 0.25) is 5.02 Å². The van der Waals surface area contributed by atoms with Crippen LogP contribution in [-0.4, -0.2) is 49.6 Å². The normalized spacial score (nSPS) is 14.1. The molecule has 0 saturated carbocycles. The van der Waals surface area contributed by atoms with Gasteiger partial charge >= 0.3 is 5.97 Å². The first-order valence-electron chi connectivity index (χ1n) is 9.39. The van der Waals surface area contributed by atoms with Gasteiger partial charge in [0, 0.05) is 26.2 Å². The molecular formula is C22H25ClN2O3. The van der Waals surface area contributed by atoms with E-state index in [-0.39, 0.29) is 12.5 Å². The van der Waals surface area contributed by atoms with Gasteiger partial charge in [0.1, 0.15) is 0 Å². The maximum atomic E-state index is 12.5. The Morgan fingerprint density at radius 2 is 1.61 bits per heavy atom. The van der Waals surface area contributed by atoms with E-state index in [0.717, 1.165) is 22.4 Å². The highest BCUT2D eigenvalue weighted by Gasteiger charge is 2.24. The van der Waals surface area contributed by atoms with Gasteiger partial charge in [-0.15, -0.1) is 0 Å². The minimum atomic E-state index is -0.446. The fourth-order valence-electron chi connectivity index (χ4n) is 3.70. The van der Waals surface area contributed by atoms with Crippen molar-refractivity contribution in [1.29, 1.82) is 0 Å². The first-order chi connectivity index (χ1) is 13.4. The molecule has 3 rings (SSSR count). The van der Waals surface area contributed by atoms with Crippen molar-refractivity contribution in [1.82, 2.24) is 4.90 Å². The number of amides is 1. The molecule has 0 unspecified atom stereocenters. The van der Waals surface area contributed by atoms with Gasteiger partial charge in [-0.25, -0.2) is 4.79 Å². The molecule has 28 heavy (non-hydrogen) atoms. The minimum Gasteiger partial charge on any atom is -0.452 e. The number of piperazine rings is 1. The van der Waals surface area contributed by atoms with Crippen LogP contribution in [0.5, 0.6) is 0 Å². The van der Waals surface area contributed by atoms with Gasteiger partial charge in [0.05, 0.1) is 16.3 Å². The van der Waals surface area contributed by atoms with Gasteiger partial charge in [0.2, 0.25) is 0 Å². The molecule has 2 aromatic carbocycles. The molecule has 0 aliphatic carbocycles. The zero-order valence-electron chi connectivity index (χ0n) is 16.5. The van der Waals surface area contributed by atoms with Gasteiger partial charge < -0.3 is 14.5 Å². The summed E-state index contributed by atoms with van der Waals surface area (Å²) >= 11 is 6.25. The highest BCUT2D eigenvalue weighted by Crippen LogP contribution is 2.26. The molecule has 1 fully saturated rings. The van der Waals surface area contributed by atoms with E-state index in [4.69, 9.17) is 16.3 Å². The monoisotopic (exact) mass is 400 g/mol. The summed E-state index contributed by atoms with van der Waals surface area (Å²) in [6, 6.07) is 11.6. The van der Waals surface area contributed by atoms with Crippen molar-refractivity contribution >= 4 is 29.2 Å². The van der Waals surface area contributed by atoms with E-state index < -0.39 is 5.97 Å². The first-order valence-corrected chi connectivity index (χ1v) is 9.77. The standard InChI is InChI=1S/C22H25ClN2O3/c1-15-12-16(2)21(17(3)13-15)22(27)28-14-20(26)25-10-8-24(9-11-25)19-7-5-4-6-18(19)23/h4-7,12-13H,8-11,14H2,1-3H3. The summed E-state index contributed by atoms with van der Waals surface area (Å²) in [4.78, 5) is 28.8. The molecule has 148 valence electrons. The van der Waals surface area contributed by atoms with E-state index in [1.807, 2.05) is 57.2 Å². The highest BCUT2D eigenvalue weighted by atomic mass is 35.5. The van der Waals surface area contributed by atoms with Crippen LogP contribution in [0, 0.1) is 20.8 Å². The average Bonchev–Trinajstić information content (AvgIpc) is 2.66. The number of para-hydroxylation sites is 1. The lowest BCUT2D eigenvalue weighted by Gasteiger charge is -2.36. The predicted molar refractivity (Wildman–Crippen MR) is 111 cm³/mol. The lowest BCUT2D eigenvalue weighted by molar-refractivity contribution is -0.134. The third-order valence-electron chi connectivity index (χ3n) is 5.03. The first kappa shape index (κ1) is 20.2. The van der Waals surface area contributed by atoms with Crippen molar-refractivity contribution in [2.24, 2.45) is 0 Å². The fraction of sp³-hybridized carbons (Fsp3) is 0.364. The Balaban J connectivity index is 1.54. The summed E-state index contributed by atoms with van der Waals surface area (Å²) in [6.45, 7) is 8.05. The van der Waals surface area contributed by atoms with Gasteiger partial charge in [-0.05, 0) is 44.0 Å². The number of halogens is 1. The average molecular weight is 401 g/mol. The number of benzene rings is 2. The third-order valence-corrected chi connectivity index (χ3v) is 5.35. The Kier molecular flexibility index (Phi) is 6.25. The lowest BCUT2D eigenvalue weighted by atomic mass is 10.00. The molecule has 0 spiro atoms. The minimum absolute atomic E-state index is 0.172. The van der Waals surface area contributed by atoms with Crippen molar-refractivity contribution in [3.63, 3.8) is 0 Å². The number of rotatable bonds is 4. The van der Waals surface area contributed by atoms with Crippen LogP contribution in [0.3, 0.4) is 0 Å². The summed E-state index contributed by atoms with van der Waals surface area (Å²) < 4.78 is 5.31. The number of hydrogen-bond acceptors (Lipinski definition) is 4. The van der Waals surface area contributed by atoms with Gasteiger partial charge in [0.15, 0.2) is 6.61 Å². The van der Waals surface area contributed by atoms with Crippen molar-refractivity contribution < 1.29 is 14.3 Å². The van der Waals surface area contributed by atoms with Crippen LogP contribution in [-0.2, 0) is 9.53 Å². The molecule has 0 aromatic heterocycles. The molecule has 1 saturated heterocycles. The number of carbonyl (C=O) groups excluding carboxylic acids is 2. The maximum absolute atomic E-state index is 12.5. The lowest BCUT2D eigenvalue weighted by Crippen LogP contribution is -2.50. The Labute approximate surface area is 170 Å². The maximum Gasteiger partial charge on any atom is 0.339 e. The van der Waals surface area contributed by atoms with Crippen LogP contribution in [0.25, 0.3) is 0 Å². The van der Waals surface area contributed by atoms with Crippen molar-refractivity contribution in [3.05, 3.63) is 63.7 Å². The van der Waals surface area contributed by atoms with Crippen LogP contribution in [0.15, 0.2) is 36.4 Å². The van der Waals surface area contributed by atoms with Gasteiger partial charge in [-0.2, -0.15) is 0 Å². The zero-order valence-corrected chi connectivity index (χ0v) is 17.3. The molecule has 1 amide bonds. The van der Waals surface area contributed by atoms with Crippen molar-refractivity contribution in [2.45, 2.75) is 20.8 Å². The van der Waals surface area contributed by atoms with Crippen LogP contribution in [0.4, 0.5) is 5.69 Å². The Bertz CT molecular complexity index is 866. The van der Waals surface area contributed by atoms with Crippen LogP contribution < -0.4 is 4.90 Å². The summed E-state index contributed by atoms with van der Waals surface area (Å²) in [5.41, 5.74) is 4.35. The molecule has 0 atom stereocenters. The largest absolute Gasteiger partial charge is 0.452 e. The number of nitrogens with zero attached hydrogens (tertiary/aromatic N) is 2. The van der Waals surface area contributed by atoms with E-state index >= 15 is 0 Å².